The zero-order valence-corrected chi connectivity index (χ0v) is 9.27. The van der Waals surface area contributed by atoms with Gasteiger partial charge in [0, 0.05) is 10.8 Å². The molecular weight excluding hydrogens is 217 g/mol. The summed E-state index contributed by atoms with van der Waals surface area (Å²) < 4.78 is 19.1. The predicted octanol–water partition coefficient (Wildman–Crippen LogP) is 3.54. The summed E-state index contributed by atoms with van der Waals surface area (Å²) in [6, 6.07) is 12.4. The molecule has 0 amide bonds. The standard InChI is InChI=1S/C14H10FNO/c1-17-14-10-6-3-2-5-9(10)13-11(15)7-4-8-12(13)16-14/h2-8H,1H3. The maximum absolute atomic E-state index is 13.9. The monoisotopic (exact) mass is 227 g/mol. The lowest BCUT2D eigenvalue weighted by atomic mass is 10.1. The number of methoxy groups -OCH3 is 1. The Hall–Kier alpha value is -2.16. The quantitative estimate of drug-likeness (QED) is 0.593. The second-order valence-corrected chi connectivity index (χ2v) is 3.80. The zero-order chi connectivity index (χ0) is 11.8. The van der Waals surface area contributed by atoms with Gasteiger partial charge in [-0.3, -0.25) is 0 Å². The number of benzene rings is 2. The summed E-state index contributed by atoms with van der Waals surface area (Å²) in [4.78, 5) is 4.32. The first-order chi connectivity index (χ1) is 8.31. The third-order valence-corrected chi connectivity index (χ3v) is 2.83. The summed E-state index contributed by atoms with van der Waals surface area (Å²) in [6.07, 6.45) is 0. The van der Waals surface area contributed by atoms with Crippen LogP contribution < -0.4 is 4.74 Å². The molecule has 2 nitrogen and oxygen atoms in total. The van der Waals surface area contributed by atoms with Crippen molar-refractivity contribution in [3.05, 3.63) is 48.3 Å². The number of halogens is 1. The van der Waals surface area contributed by atoms with E-state index in [1.54, 1.807) is 19.2 Å². The molecule has 0 saturated carbocycles. The Labute approximate surface area is 97.7 Å². The summed E-state index contributed by atoms with van der Waals surface area (Å²) in [5.74, 6) is 0.271. The maximum Gasteiger partial charge on any atom is 0.221 e. The average molecular weight is 227 g/mol. The van der Waals surface area contributed by atoms with Crippen LogP contribution >= 0.6 is 0 Å². The number of aromatic nitrogens is 1. The molecule has 0 radical (unpaired) electrons. The molecule has 17 heavy (non-hydrogen) atoms. The van der Waals surface area contributed by atoms with Gasteiger partial charge in [0.1, 0.15) is 5.82 Å². The molecule has 0 atom stereocenters. The number of rotatable bonds is 1. The van der Waals surface area contributed by atoms with Crippen LogP contribution in [-0.4, -0.2) is 12.1 Å². The molecule has 0 saturated heterocycles. The minimum atomic E-state index is -0.256. The number of ether oxygens (including phenoxy) is 1. The van der Waals surface area contributed by atoms with Gasteiger partial charge in [0.25, 0.3) is 0 Å². The first-order valence-corrected chi connectivity index (χ1v) is 5.32. The lowest BCUT2D eigenvalue weighted by Crippen LogP contribution is -1.92. The molecule has 0 N–H and O–H groups in total. The van der Waals surface area contributed by atoms with E-state index in [0.29, 0.717) is 16.8 Å². The molecule has 0 spiro atoms. The molecule has 0 aliphatic carbocycles. The largest absolute Gasteiger partial charge is 0.481 e. The average Bonchev–Trinajstić information content (AvgIpc) is 2.37. The molecule has 2 aromatic carbocycles. The molecular formula is C14H10FNO. The zero-order valence-electron chi connectivity index (χ0n) is 9.27. The van der Waals surface area contributed by atoms with Crippen LogP contribution in [0.5, 0.6) is 5.88 Å². The highest BCUT2D eigenvalue weighted by Crippen LogP contribution is 2.31. The highest BCUT2D eigenvalue weighted by molar-refractivity contribution is 6.07. The van der Waals surface area contributed by atoms with E-state index < -0.39 is 0 Å². The molecule has 3 heteroatoms. The van der Waals surface area contributed by atoms with E-state index in [1.165, 1.54) is 6.07 Å². The summed E-state index contributed by atoms with van der Waals surface area (Å²) in [5, 5.41) is 2.20. The summed E-state index contributed by atoms with van der Waals surface area (Å²) in [7, 11) is 1.57. The molecule has 1 heterocycles. The molecule has 1 aromatic heterocycles. The van der Waals surface area contributed by atoms with Gasteiger partial charge in [0.05, 0.1) is 12.6 Å². The van der Waals surface area contributed by atoms with Gasteiger partial charge in [0.15, 0.2) is 0 Å². The number of hydrogen-bond donors (Lipinski definition) is 0. The van der Waals surface area contributed by atoms with Crippen molar-refractivity contribution >= 4 is 21.7 Å². The van der Waals surface area contributed by atoms with Gasteiger partial charge in [-0.1, -0.05) is 24.3 Å². The van der Waals surface area contributed by atoms with Crippen LogP contribution in [0.1, 0.15) is 0 Å². The number of fused-ring (bicyclic) bond motifs is 3. The third kappa shape index (κ3) is 1.43. The van der Waals surface area contributed by atoms with Crippen molar-refractivity contribution in [3.63, 3.8) is 0 Å². The SMILES string of the molecule is COc1nc2cccc(F)c2c2ccccc12. The molecule has 3 rings (SSSR count). The van der Waals surface area contributed by atoms with E-state index >= 15 is 0 Å². The lowest BCUT2D eigenvalue weighted by molar-refractivity contribution is 0.405. The first-order valence-electron chi connectivity index (χ1n) is 5.32. The smallest absolute Gasteiger partial charge is 0.221 e. The molecule has 0 fully saturated rings. The Kier molecular flexibility index (Phi) is 2.18. The summed E-state index contributed by atoms with van der Waals surface area (Å²) >= 11 is 0. The van der Waals surface area contributed by atoms with Crippen LogP contribution in [0.25, 0.3) is 21.7 Å². The van der Waals surface area contributed by atoms with E-state index in [2.05, 4.69) is 4.98 Å². The molecule has 84 valence electrons. The third-order valence-electron chi connectivity index (χ3n) is 2.83. The molecule has 0 bridgehead atoms. The van der Waals surface area contributed by atoms with Crippen LogP contribution in [0, 0.1) is 5.82 Å². The minimum absolute atomic E-state index is 0.256. The van der Waals surface area contributed by atoms with Crippen LogP contribution in [0.3, 0.4) is 0 Å². The topological polar surface area (TPSA) is 22.1 Å². The molecule has 0 aliphatic heterocycles. The lowest BCUT2D eigenvalue weighted by Gasteiger charge is -2.08. The number of nitrogens with zero attached hydrogens (tertiary/aromatic N) is 1. The fourth-order valence-corrected chi connectivity index (χ4v) is 2.09. The fourth-order valence-electron chi connectivity index (χ4n) is 2.09. The van der Waals surface area contributed by atoms with Crippen molar-refractivity contribution in [2.45, 2.75) is 0 Å². The van der Waals surface area contributed by atoms with Crippen LogP contribution in [0.2, 0.25) is 0 Å². The van der Waals surface area contributed by atoms with E-state index in [-0.39, 0.29) is 5.82 Å². The molecule has 3 aromatic rings. The summed E-state index contributed by atoms with van der Waals surface area (Å²) in [5.41, 5.74) is 0.612. The Bertz CT molecular complexity index is 709. The van der Waals surface area contributed by atoms with Crippen LogP contribution in [-0.2, 0) is 0 Å². The van der Waals surface area contributed by atoms with Crippen molar-refractivity contribution in [2.24, 2.45) is 0 Å². The van der Waals surface area contributed by atoms with Gasteiger partial charge in [-0.15, -0.1) is 0 Å². The predicted molar refractivity (Wildman–Crippen MR) is 65.8 cm³/mol. The normalized spacial score (nSPS) is 10.9. The van der Waals surface area contributed by atoms with E-state index in [4.69, 9.17) is 4.74 Å². The Balaban J connectivity index is 2.61. The molecule has 0 unspecified atom stereocenters. The van der Waals surface area contributed by atoms with Gasteiger partial charge in [0.2, 0.25) is 5.88 Å². The Morgan fingerprint density at radius 1 is 1.00 bits per heavy atom. The van der Waals surface area contributed by atoms with E-state index in [1.807, 2.05) is 24.3 Å². The minimum Gasteiger partial charge on any atom is -0.481 e. The van der Waals surface area contributed by atoms with Crippen molar-refractivity contribution < 1.29 is 9.13 Å². The highest BCUT2D eigenvalue weighted by atomic mass is 19.1. The number of hydrogen-bond acceptors (Lipinski definition) is 2. The van der Waals surface area contributed by atoms with Gasteiger partial charge in [-0.2, -0.15) is 0 Å². The van der Waals surface area contributed by atoms with E-state index in [0.717, 1.165) is 10.8 Å². The van der Waals surface area contributed by atoms with Gasteiger partial charge in [-0.25, -0.2) is 9.37 Å². The van der Waals surface area contributed by atoms with Gasteiger partial charge < -0.3 is 4.74 Å². The van der Waals surface area contributed by atoms with Crippen molar-refractivity contribution in [1.82, 2.24) is 4.98 Å². The van der Waals surface area contributed by atoms with Crippen molar-refractivity contribution in [3.8, 4) is 5.88 Å². The second-order valence-electron chi connectivity index (χ2n) is 3.80. The van der Waals surface area contributed by atoms with Gasteiger partial charge >= 0.3 is 0 Å². The fraction of sp³-hybridized carbons (Fsp3) is 0.0714. The molecule has 0 aliphatic rings. The van der Waals surface area contributed by atoms with Crippen molar-refractivity contribution in [2.75, 3.05) is 7.11 Å². The summed E-state index contributed by atoms with van der Waals surface area (Å²) in [6.45, 7) is 0. The van der Waals surface area contributed by atoms with Crippen LogP contribution in [0.4, 0.5) is 4.39 Å². The number of pyridine rings is 1. The Morgan fingerprint density at radius 3 is 2.53 bits per heavy atom. The highest BCUT2D eigenvalue weighted by Gasteiger charge is 2.10. The van der Waals surface area contributed by atoms with E-state index in [9.17, 15) is 4.39 Å². The Morgan fingerprint density at radius 2 is 1.76 bits per heavy atom. The first kappa shape index (κ1) is 10.0. The maximum atomic E-state index is 13.9. The van der Waals surface area contributed by atoms with Crippen molar-refractivity contribution in [1.29, 1.82) is 0 Å². The second kappa shape index (κ2) is 3.70. The van der Waals surface area contributed by atoms with Crippen LogP contribution in [0.15, 0.2) is 42.5 Å². The van der Waals surface area contributed by atoms with Gasteiger partial charge in [-0.05, 0) is 23.6 Å².